The van der Waals surface area contributed by atoms with E-state index in [0.29, 0.717) is 0 Å². The van der Waals surface area contributed by atoms with E-state index in [-0.39, 0.29) is 0 Å². The van der Waals surface area contributed by atoms with Gasteiger partial charge in [-0.2, -0.15) is 0 Å². The molecule has 0 aliphatic carbocycles. The Bertz CT molecular complexity index is 1070. The van der Waals surface area contributed by atoms with Crippen LogP contribution in [0.1, 0.15) is 47.5 Å². The molecule has 0 amide bonds. The summed E-state index contributed by atoms with van der Waals surface area (Å²) in [5, 5.41) is 3.56. The standard InChI is InChI=1S/C26H29NS/c1-6-9-14-22(17-21-18-28-20(5)24(21)13-8-3)27-19(4)23(12-7-2)25-15-10-11-16-26(25)27/h7-12,14-18H,3,6,13H2,1-2,4-5H3/b12-7-,14-9-,22-17+. The zero-order valence-electron chi connectivity index (χ0n) is 17.3. The number of nitrogens with zero attached hydrogens (tertiary/aromatic N) is 1. The van der Waals surface area contributed by atoms with Gasteiger partial charge in [0.15, 0.2) is 0 Å². The van der Waals surface area contributed by atoms with Crippen LogP contribution >= 0.6 is 11.3 Å². The maximum absolute atomic E-state index is 3.94. The van der Waals surface area contributed by atoms with Crippen molar-refractivity contribution in [2.45, 2.75) is 40.5 Å². The van der Waals surface area contributed by atoms with Gasteiger partial charge in [-0.25, -0.2) is 0 Å². The fourth-order valence-electron chi connectivity index (χ4n) is 3.71. The van der Waals surface area contributed by atoms with Crippen molar-refractivity contribution in [1.82, 2.24) is 4.57 Å². The number of para-hydroxylation sites is 1. The Hall–Kier alpha value is -2.58. The van der Waals surface area contributed by atoms with Crippen molar-refractivity contribution in [3.8, 4) is 0 Å². The molecule has 0 unspecified atom stereocenters. The van der Waals surface area contributed by atoms with Gasteiger partial charge in [0.2, 0.25) is 0 Å². The lowest BCUT2D eigenvalue weighted by molar-refractivity contribution is 1.09. The minimum atomic E-state index is 0.904. The van der Waals surface area contributed by atoms with Gasteiger partial charge in [0, 0.05) is 27.2 Å². The first kappa shape index (κ1) is 20.2. The third kappa shape index (κ3) is 3.83. The number of aryl methyl sites for hydroxylation is 1. The third-order valence-corrected chi connectivity index (χ3v) is 6.04. The number of fused-ring (bicyclic) bond motifs is 1. The second-order valence-electron chi connectivity index (χ2n) is 6.95. The summed E-state index contributed by atoms with van der Waals surface area (Å²) >= 11 is 1.82. The van der Waals surface area contributed by atoms with E-state index in [1.807, 2.05) is 17.4 Å². The molecule has 0 aliphatic rings. The Labute approximate surface area is 173 Å². The van der Waals surface area contributed by atoms with Crippen LogP contribution in [0.4, 0.5) is 0 Å². The molecular weight excluding hydrogens is 358 g/mol. The smallest absolute Gasteiger partial charge is 0.0537 e. The number of allylic oxidation sites excluding steroid dienone is 5. The highest BCUT2D eigenvalue weighted by Gasteiger charge is 2.14. The highest BCUT2D eigenvalue weighted by Crippen LogP contribution is 2.33. The largest absolute Gasteiger partial charge is 0.313 e. The van der Waals surface area contributed by atoms with Gasteiger partial charge in [0.25, 0.3) is 0 Å². The van der Waals surface area contributed by atoms with E-state index in [1.54, 1.807) is 0 Å². The van der Waals surface area contributed by atoms with Gasteiger partial charge in [0.05, 0.1) is 5.52 Å². The lowest BCUT2D eigenvalue weighted by atomic mass is 10.1. The zero-order chi connectivity index (χ0) is 20.1. The van der Waals surface area contributed by atoms with Crippen LogP contribution in [0, 0.1) is 13.8 Å². The summed E-state index contributed by atoms with van der Waals surface area (Å²) in [7, 11) is 0. The lowest BCUT2D eigenvalue weighted by Gasteiger charge is -2.11. The van der Waals surface area contributed by atoms with Crippen molar-refractivity contribution in [3.63, 3.8) is 0 Å². The average Bonchev–Trinajstić information content (AvgIpc) is 3.18. The van der Waals surface area contributed by atoms with Crippen molar-refractivity contribution in [2.75, 3.05) is 0 Å². The molecule has 28 heavy (non-hydrogen) atoms. The van der Waals surface area contributed by atoms with Gasteiger partial charge in [-0.15, -0.1) is 17.9 Å². The van der Waals surface area contributed by atoms with Crippen molar-refractivity contribution >= 4 is 40.1 Å². The fourth-order valence-corrected chi connectivity index (χ4v) is 4.57. The summed E-state index contributed by atoms with van der Waals surface area (Å²) in [5.41, 5.74) is 7.69. The van der Waals surface area contributed by atoms with Crippen LogP contribution in [-0.2, 0) is 6.42 Å². The van der Waals surface area contributed by atoms with Crippen LogP contribution in [0.25, 0.3) is 28.8 Å². The second kappa shape index (κ2) is 9.07. The Morgan fingerprint density at radius 3 is 2.71 bits per heavy atom. The molecule has 0 atom stereocenters. The molecule has 0 saturated heterocycles. The zero-order valence-corrected chi connectivity index (χ0v) is 18.1. The molecule has 2 heteroatoms. The average molecular weight is 388 g/mol. The van der Waals surface area contributed by atoms with Gasteiger partial charge in [-0.1, -0.05) is 49.4 Å². The Morgan fingerprint density at radius 1 is 1.21 bits per heavy atom. The van der Waals surface area contributed by atoms with E-state index in [2.05, 4.69) is 98.9 Å². The highest BCUT2D eigenvalue weighted by molar-refractivity contribution is 7.10. The summed E-state index contributed by atoms with van der Waals surface area (Å²) < 4.78 is 2.39. The maximum Gasteiger partial charge on any atom is 0.0537 e. The fraction of sp³-hybridized carbons (Fsp3) is 0.231. The Kier molecular flexibility index (Phi) is 6.53. The summed E-state index contributed by atoms with van der Waals surface area (Å²) in [4.78, 5) is 1.37. The molecule has 2 heterocycles. The summed E-state index contributed by atoms with van der Waals surface area (Å²) in [6.07, 6.45) is 15.1. The van der Waals surface area contributed by atoms with Crippen LogP contribution in [-0.4, -0.2) is 4.57 Å². The van der Waals surface area contributed by atoms with Crippen molar-refractivity contribution in [3.05, 3.63) is 87.8 Å². The molecule has 0 N–H and O–H groups in total. The first-order valence-corrected chi connectivity index (χ1v) is 10.8. The first-order valence-electron chi connectivity index (χ1n) is 9.91. The number of benzene rings is 1. The quantitative estimate of drug-likeness (QED) is 0.285. The molecule has 2 aromatic heterocycles. The molecule has 0 bridgehead atoms. The van der Waals surface area contributed by atoms with Gasteiger partial charge in [0.1, 0.15) is 0 Å². The molecule has 0 radical (unpaired) electrons. The molecule has 0 aliphatic heterocycles. The number of hydrogen-bond donors (Lipinski definition) is 0. The van der Waals surface area contributed by atoms with E-state index in [0.717, 1.165) is 12.8 Å². The molecule has 3 aromatic rings. The predicted octanol–water partition coefficient (Wildman–Crippen LogP) is 8.05. The van der Waals surface area contributed by atoms with Crippen LogP contribution in [0.5, 0.6) is 0 Å². The van der Waals surface area contributed by atoms with Crippen molar-refractivity contribution in [2.24, 2.45) is 0 Å². The minimum absolute atomic E-state index is 0.904. The van der Waals surface area contributed by atoms with Crippen LogP contribution in [0.2, 0.25) is 0 Å². The number of rotatable bonds is 7. The predicted molar refractivity (Wildman–Crippen MR) is 128 cm³/mol. The highest BCUT2D eigenvalue weighted by atomic mass is 32.1. The molecule has 3 rings (SSSR count). The van der Waals surface area contributed by atoms with E-state index in [1.165, 1.54) is 43.9 Å². The van der Waals surface area contributed by atoms with E-state index < -0.39 is 0 Å². The Balaban J connectivity index is 2.29. The molecule has 1 aromatic carbocycles. The van der Waals surface area contributed by atoms with Crippen LogP contribution in [0.15, 0.2) is 60.5 Å². The van der Waals surface area contributed by atoms with Crippen molar-refractivity contribution < 1.29 is 0 Å². The Morgan fingerprint density at radius 2 is 2.00 bits per heavy atom. The topological polar surface area (TPSA) is 4.93 Å². The molecule has 0 spiro atoms. The van der Waals surface area contributed by atoms with E-state index in [4.69, 9.17) is 0 Å². The minimum Gasteiger partial charge on any atom is -0.313 e. The third-order valence-electron chi connectivity index (χ3n) is 5.06. The summed E-state index contributed by atoms with van der Waals surface area (Å²) in [5.74, 6) is 0. The molecule has 144 valence electrons. The SMILES string of the molecule is C=CCc1c(/C=C(\C=C/CC)n2c(C)c(/C=C\C)c3ccccc32)csc1C. The van der Waals surface area contributed by atoms with Crippen LogP contribution < -0.4 is 0 Å². The number of hydrogen-bond acceptors (Lipinski definition) is 1. The molecule has 0 fully saturated rings. The summed E-state index contributed by atoms with van der Waals surface area (Å²) in [6.45, 7) is 12.6. The van der Waals surface area contributed by atoms with Gasteiger partial charge < -0.3 is 4.57 Å². The lowest BCUT2D eigenvalue weighted by Crippen LogP contribution is -1.98. The molecular formula is C26H29NS. The van der Waals surface area contributed by atoms with Gasteiger partial charge >= 0.3 is 0 Å². The van der Waals surface area contributed by atoms with Crippen LogP contribution in [0.3, 0.4) is 0 Å². The maximum atomic E-state index is 3.94. The summed E-state index contributed by atoms with van der Waals surface area (Å²) in [6, 6.07) is 8.67. The molecule has 0 saturated carbocycles. The number of aromatic nitrogens is 1. The first-order chi connectivity index (χ1) is 13.6. The van der Waals surface area contributed by atoms with Gasteiger partial charge in [-0.3, -0.25) is 0 Å². The van der Waals surface area contributed by atoms with Gasteiger partial charge in [-0.05, 0) is 68.3 Å². The number of thiophene rings is 1. The monoisotopic (exact) mass is 387 g/mol. The van der Waals surface area contributed by atoms with E-state index in [9.17, 15) is 0 Å². The van der Waals surface area contributed by atoms with E-state index >= 15 is 0 Å². The second-order valence-corrected chi connectivity index (χ2v) is 8.03. The normalized spacial score (nSPS) is 12.6. The molecule has 1 nitrogen and oxygen atoms in total. The van der Waals surface area contributed by atoms with Crippen molar-refractivity contribution in [1.29, 1.82) is 0 Å².